The second kappa shape index (κ2) is 13.0. The summed E-state index contributed by atoms with van der Waals surface area (Å²) in [5.74, 6) is 0.593. The minimum absolute atomic E-state index is 0. The summed E-state index contributed by atoms with van der Waals surface area (Å²) in [5, 5.41) is 3.23. The molecule has 164 valence electrons. The Labute approximate surface area is 191 Å². The predicted molar refractivity (Wildman–Crippen MR) is 126 cm³/mol. The SMILES string of the molecule is CCOC(=O)C1CCCN(C(=NC)NCCCS(=O)(=O)Cc2ccccc2)C1.I. The van der Waals surface area contributed by atoms with Gasteiger partial charge in [0.25, 0.3) is 0 Å². The molecule has 1 aliphatic rings. The highest BCUT2D eigenvalue weighted by atomic mass is 127. The van der Waals surface area contributed by atoms with Crippen molar-refractivity contribution in [3.05, 3.63) is 35.9 Å². The number of hydrogen-bond acceptors (Lipinski definition) is 5. The Bertz CT molecular complexity index is 756. The number of halogens is 1. The summed E-state index contributed by atoms with van der Waals surface area (Å²) < 4.78 is 29.7. The molecule has 7 nitrogen and oxygen atoms in total. The van der Waals surface area contributed by atoms with Gasteiger partial charge >= 0.3 is 5.97 Å². The number of rotatable bonds is 8. The maximum Gasteiger partial charge on any atom is 0.310 e. The Balaban J connectivity index is 0.00000420. The largest absolute Gasteiger partial charge is 0.466 e. The lowest BCUT2D eigenvalue weighted by Gasteiger charge is -2.33. The van der Waals surface area contributed by atoms with Gasteiger partial charge in [-0.1, -0.05) is 30.3 Å². The Hall–Kier alpha value is -1.36. The van der Waals surface area contributed by atoms with E-state index < -0.39 is 9.84 Å². The number of nitrogens with zero attached hydrogens (tertiary/aromatic N) is 2. The molecule has 0 radical (unpaired) electrons. The molecule has 1 unspecified atom stereocenters. The van der Waals surface area contributed by atoms with Crippen LogP contribution in [0.5, 0.6) is 0 Å². The molecule has 0 aromatic heterocycles. The summed E-state index contributed by atoms with van der Waals surface area (Å²) in [7, 11) is -1.45. The number of carbonyl (C=O) groups excluding carboxylic acids is 1. The Morgan fingerprint density at radius 1 is 1.31 bits per heavy atom. The molecule has 9 heteroatoms. The highest BCUT2D eigenvalue weighted by Gasteiger charge is 2.28. The number of likely N-dealkylation sites (tertiary alicyclic amines) is 1. The average Bonchev–Trinajstić information content (AvgIpc) is 2.69. The lowest BCUT2D eigenvalue weighted by Crippen LogP contribution is -2.48. The van der Waals surface area contributed by atoms with Crippen LogP contribution in [-0.2, 0) is 25.1 Å². The molecule has 2 rings (SSSR count). The maximum absolute atomic E-state index is 12.3. The van der Waals surface area contributed by atoms with Gasteiger partial charge in [0.05, 0.1) is 24.0 Å². The van der Waals surface area contributed by atoms with Crippen LogP contribution in [0.2, 0.25) is 0 Å². The molecule has 1 atom stereocenters. The average molecular weight is 537 g/mol. The number of aliphatic imine (C=N–C) groups is 1. The minimum Gasteiger partial charge on any atom is -0.466 e. The van der Waals surface area contributed by atoms with Gasteiger partial charge in [-0.25, -0.2) is 8.42 Å². The van der Waals surface area contributed by atoms with E-state index in [0.29, 0.717) is 32.1 Å². The van der Waals surface area contributed by atoms with Crippen molar-refractivity contribution in [3.8, 4) is 0 Å². The van der Waals surface area contributed by atoms with Crippen LogP contribution in [0.4, 0.5) is 0 Å². The normalized spacial score (nSPS) is 17.4. The van der Waals surface area contributed by atoms with Crippen LogP contribution in [0, 0.1) is 5.92 Å². The van der Waals surface area contributed by atoms with Gasteiger partial charge in [0.15, 0.2) is 15.8 Å². The fourth-order valence-electron chi connectivity index (χ4n) is 3.35. The van der Waals surface area contributed by atoms with Crippen molar-refractivity contribution in [1.29, 1.82) is 0 Å². The van der Waals surface area contributed by atoms with E-state index in [1.165, 1.54) is 0 Å². The first kappa shape index (κ1) is 25.7. The predicted octanol–water partition coefficient (Wildman–Crippen LogP) is 2.46. The van der Waals surface area contributed by atoms with Crippen molar-refractivity contribution in [2.24, 2.45) is 10.9 Å². The zero-order valence-corrected chi connectivity index (χ0v) is 20.3. The minimum atomic E-state index is -3.15. The Kier molecular flexibility index (Phi) is 11.6. The number of carbonyl (C=O) groups is 1. The molecule has 1 fully saturated rings. The quantitative estimate of drug-likeness (QED) is 0.180. The first-order valence-corrected chi connectivity index (χ1v) is 11.6. The number of ether oxygens (including phenoxy) is 1. The number of piperidine rings is 1. The molecule has 1 aromatic carbocycles. The molecule has 1 aromatic rings. The lowest BCUT2D eigenvalue weighted by molar-refractivity contribution is -0.149. The third-order valence-electron chi connectivity index (χ3n) is 4.70. The fraction of sp³-hybridized carbons (Fsp3) is 0.600. The topological polar surface area (TPSA) is 88.1 Å². The molecule has 1 N–H and O–H groups in total. The third-order valence-corrected chi connectivity index (χ3v) is 6.38. The standard InChI is InChI=1S/C20H31N3O4S.HI/c1-3-27-19(24)18-11-7-13-23(15-18)20(21-2)22-12-8-14-28(25,26)16-17-9-5-4-6-10-17;/h4-6,9-10,18H,3,7-8,11-16H2,1-2H3,(H,21,22);1H. The first-order valence-electron chi connectivity index (χ1n) is 9.81. The number of esters is 1. The van der Waals surface area contributed by atoms with Crippen molar-refractivity contribution in [1.82, 2.24) is 10.2 Å². The van der Waals surface area contributed by atoms with Crippen LogP contribution in [0.15, 0.2) is 35.3 Å². The van der Waals surface area contributed by atoms with E-state index in [1.807, 2.05) is 42.2 Å². The Morgan fingerprint density at radius 2 is 2.03 bits per heavy atom. The van der Waals surface area contributed by atoms with Crippen LogP contribution < -0.4 is 5.32 Å². The molecule has 0 saturated carbocycles. The third kappa shape index (κ3) is 8.90. The van der Waals surface area contributed by atoms with E-state index in [0.717, 1.165) is 24.9 Å². The lowest BCUT2D eigenvalue weighted by atomic mass is 9.98. The molecule has 0 amide bonds. The summed E-state index contributed by atoms with van der Waals surface area (Å²) in [6, 6.07) is 9.22. The second-order valence-electron chi connectivity index (χ2n) is 6.94. The number of hydrogen-bond donors (Lipinski definition) is 1. The second-order valence-corrected chi connectivity index (χ2v) is 9.13. The van der Waals surface area contributed by atoms with Gasteiger partial charge in [-0.15, -0.1) is 24.0 Å². The Morgan fingerprint density at radius 3 is 2.69 bits per heavy atom. The van der Waals surface area contributed by atoms with Crippen molar-refractivity contribution in [3.63, 3.8) is 0 Å². The summed E-state index contributed by atoms with van der Waals surface area (Å²) in [4.78, 5) is 18.3. The summed E-state index contributed by atoms with van der Waals surface area (Å²) in [6.07, 6.45) is 2.23. The van der Waals surface area contributed by atoms with Gasteiger partial charge < -0.3 is 15.0 Å². The fourth-order valence-corrected chi connectivity index (χ4v) is 4.78. The number of sulfone groups is 1. The molecular weight excluding hydrogens is 505 g/mol. The van der Waals surface area contributed by atoms with E-state index in [1.54, 1.807) is 7.05 Å². The highest BCUT2D eigenvalue weighted by Crippen LogP contribution is 2.18. The van der Waals surface area contributed by atoms with E-state index >= 15 is 0 Å². The van der Waals surface area contributed by atoms with Gasteiger partial charge in [0, 0.05) is 26.7 Å². The zero-order chi connectivity index (χ0) is 20.4. The number of guanidine groups is 1. The molecule has 1 aliphatic heterocycles. The van der Waals surface area contributed by atoms with E-state index in [2.05, 4.69) is 10.3 Å². The van der Waals surface area contributed by atoms with Gasteiger partial charge in [-0.2, -0.15) is 0 Å². The van der Waals surface area contributed by atoms with Gasteiger partial charge in [0.2, 0.25) is 0 Å². The van der Waals surface area contributed by atoms with Crippen LogP contribution in [0.3, 0.4) is 0 Å². The summed E-state index contributed by atoms with van der Waals surface area (Å²) in [5.41, 5.74) is 0.810. The monoisotopic (exact) mass is 537 g/mol. The first-order chi connectivity index (χ1) is 13.4. The van der Waals surface area contributed by atoms with Gasteiger partial charge in [-0.05, 0) is 31.7 Å². The van der Waals surface area contributed by atoms with Crippen LogP contribution in [0.1, 0.15) is 31.7 Å². The molecule has 1 saturated heterocycles. The number of nitrogens with one attached hydrogen (secondary N) is 1. The molecule has 0 aliphatic carbocycles. The molecular formula is C20H32IN3O4S. The molecule has 0 bridgehead atoms. The maximum atomic E-state index is 12.3. The zero-order valence-electron chi connectivity index (χ0n) is 17.2. The van der Waals surface area contributed by atoms with Crippen LogP contribution in [0.25, 0.3) is 0 Å². The highest BCUT2D eigenvalue weighted by molar-refractivity contribution is 14.0. The molecule has 0 spiro atoms. The van der Waals surface area contributed by atoms with Crippen molar-refractivity contribution in [2.45, 2.75) is 31.9 Å². The number of benzene rings is 1. The van der Waals surface area contributed by atoms with Gasteiger partial charge in [-0.3, -0.25) is 9.79 Å². The smallest absolute Gasteiger partial charge is 0.310 e. The van der Waals surface area contributed by atoms with E-state index in [4.69, 9.17) is 4.74 Å². The van der Waals surface area contributed by atoms with Crippen molar-refractivity contribution >= 4 is 45.7 Å². The van der Waals surface area contributed by atoms with Crippen molar-refractivity contribution in [2.75, 3.05) is 39.0 Å². The van der Waals surface area contributed by atoms with Crippen LogP contribution >= 0.6 is 24.0 Å². The molecule has 29 heavy (non-hydrogen) atoms. The summed E-state index contributed by atoms with van der Waals surface area (Å²) in [6.45, 7) is 4.11. The van der Waals surface area contributed by atoms with E-state index in [-0.39, 0.29) is 47.4 Å². The van der Waals surface area contributed by atoms with Crippen LogP contribution in [-0.4, -0.2) is 64.3 Å². The van der Waals surface area contributed by atoms with E-state index in [9.17, 15) is 13.2 Å². The summed E-state index contributed by atoms with van der Waals surface area (Å²) >= 11 is 0. The van der Waals surface area contributed by atoms with Gasteiger partial charge in [0.1, 0.15) is 0 Å². The molecule has 1 heterocycles. The van der Waals surface area contributed by atoms with Crippen molar-refractivity contribution < 1.29 is 17.9 Å².